The average Bonchev–Trinajstić information content (AvgIpc) is 2.28. The Balaban J connectivity index is 2.83. The van der Waals surface area contributed by atoms with Crippen molar-refractivity contribution >= 4 is 23.3 Å². The summed E-state index contributed by atoms with van der Waals surface area (Å²) < 4.78 is 0. The van der Waals surface area contributed by atoms with E-state index in [1.165, 1.54) is 11.0 Å². The number of carbonyl (C=O) groups is 1. The molecule has 0 spiro atoms. The molecule has 2 N–H and O–H groups in total. The van der Waals surface area contributed by atoms with Gasteiger partial charge in [-0.2, -0.15) is 0 Å². The summed E-state index contributed by atoms with van der Waals surface area (Å²) in [6.45, 7) is 3.93. The molecule has 0 bridgehead atoms. The third kappa shape index (κ3) is 2.17. The molecule has 0 saturated heterocycles. The Morgan fingerprint density at radius 3 is 2.67 bits per heavy atom. The van der Waals surface area contributed by atoms with Crippen LogP contribution in [0.5, 0.6) is 0 Å². The fourth-order valence-electron chi connectivity index (χ4n) is 0.722. The molecular weight excluding hydrogens is 172 g/mol. The van der Waals surface area contributed by atoms with Crippen LogP contribution in [0.15, 0.2) is 6.08 Å². The zero-order valence-electron chi connectivity index (χ0n) is 7.00. The Morgan fingerprint density at radius 2 is 2.25 bits per heavy atom. The minimum atomic E-state index is -0.444. The predicted octanol–water partition coefficient (Wildman–Crippen LogP) is 1.26. The van der Waals surface area contributed by atoms with E-state index in [4.69, 9.17) is 5.73 Å². The molecule has 1 aromatic heterocycles. The van der Waals surface area contributed by atoms with Crippen molar-refractivity contribution in [2.45, 2.75) is 13.8 Å². The van der Waals surface area contributed by atoms with Gasteiger partial charge in [-0.3, -0.25) is 4.79 Å². The van der Waals surface area contributed by atoms with Crippen LogP contribution in [0.2, 0.25) is 0 Å². The number of amides is 1. The van der Waals surface area contributed by atoms with Gasteiger partial charge in [0.15, 0.2) is 0 Å². The van der Waals surface area contributed by atoms with Gasteiger partial charge in [0.2, 0.25) is 5.91 Å². The zero-order chi connectivity index (χ0) is 9.14. The second-order valence-corrected chi connectivity index (χ2v) is 3.66. The topological polar surface area (TPSA) is 56.0 Å². The summed E-state index contributed by atoms with van der Waals surface area (Å²) in [5, 5.41) is 0.823. The van der Waals surface area contributed by atoms with Gasteiger partial charge in [-0.25, -0.2) is 4.98 Å². The van der Waals surface area contributed by atoms with Crippen molar-refractivity contribution in [3.8, 4) is 0 Å². The van der Waals surface area contributed by atoms with Gasteiger partial charge in [-0.05, 0) is 19.9 Å². The smallest absolute Gasteiger partial charge is 0.241 e. The largest absolute Gasteiger partial charge is 0.366 e. The normalized spacial score (nSPS) is 10.8. The van der Waals surface area contributed by atoms with E-state index in [0.717, 1.165) is 10.7 Å². The molecule has 0 aliphatic carbocycles. The molecule has 0 radical (unpaired) electrons. The number of hydrogen-bond acceptors (Lipinski definition) is 3. The van der Waals surface area contributed by atoms with Crippen LogP contribution >= 0.6 is 11.3 Å². The number of aromatic nitrogens is 1. The van der Waals surface area contributed by atoms with Gasteiger partial charge in [0, 0.05) is 11.0 Å². The van der Waals surface area contributed by atoms with Gasteiger partial charge in [0.1, 0.15) is 5.01 Å². The van der Waals surface area contributed by atoms with E-state index in [9.17, 15) is 4.79 Å². The fraction of sp³-hybridized carbons (Fsp3) is 0.250. The SMILES string of the molecule is Cc1nc(C=CC(N)=O)sc1C. The van der Waals surface area contributed by atoms with Crippen molar-refractivity contribution in [3.05, 3.63) is 21.7 Å². The van der Waals surface area contributed by atoms with E-state index >= 15 is 0 Å². The molecule has 0 fully saturated rings. The monoisotopic (exact) mass is 182 g/mol. The van der Waals surface area contributed by atoms with E-state index < -0.39 is 5.91 Å². The number of primary amides is 1. The molecule has 3 nitrogen and oxygen atoms in total. The highest BCUT2D eigenvalue weighted by Crippen LogP contribution is 2.17. The van der Waals surface area contributed by atoms with Crippen molar-refractivity contribution in [1.82, 2.24) is 4.98 Å². The molecule has 1 heterocycles. The molecule has 12 heavy (non-hydrogen) atoms. The fourth-order valence-corrected chi connectivity index (χ4v) is 1.55. The van der Waals surface area contributed by atoms with E-state index in [0.29, 0.717) is 0 Å². The van der Waals surface area contributed by atoms with E-state index in [1.807, 2.05) is 13.8 Å². The summed E-state index contributed by atoms with van der Waals surface area (Å²) in [4.78, 5) is 15.7. The Kier molecular flexibility index (Phi) is 2.60. The number of nitrogens with zero attached hydrogens (tertiary/aromatic N) is 1. The first-order valence-corrected chi connectivity index (χ1v) is 4.33. The zero-order valence-corrected chi connectivity index (χ0v) is 7.81. The maximum Gasteiger partial charge on any atom is 0.241 e. The molecule has 4 heteroatoms. The predicted molar refractivity (Wildman–Crippen MR) is 49.8 cm³/mol. The summed E-state index contributed by atoms with van der Waals surface area (Å²) in [5.41, 5.74) is 5.94. The molecule has 0 aliphatic rings. The first-order chi connectivity index (χ1) is 5.59. The lowest BCUT2D eigenvalue weighted by Crippen LogP contribution is -2.04. The maximum absolute atomic E-state index is 10.4. The van der Waals surface area contributed by atoms with Gasteiger partial charge < -0.3 is 5.73 Å². The van der Waals surface area contributed by atoms with Gasteiger partial charge >= 0.3 is 0 Å². The van der Waals surface area contributed by atoms with Crippen LogP contribution in [0.25, 0.3) is 6.08 Å². The van der Waals surface area contributed by atoms with E-state index in [2.05, 4.69) is 4.98 Å². The number of nitrogens with two attached hydrogens (primary N) is 1. The Morgan fingerprint density at radius 1 is 1.58 bits per heavy atom. The third-order valence-corrected chi connectivity index (χ3v) is 2.47. The van der Waals surface area contributed by atoms with Crippen molar-refractivity contribution < 1.29 is 4.79 Å². The summed E-state index contributed by atoms with van der Waals surface area (Å²) in [7, 11) is 0. The molecule has 64 valence electrons. The lowest BCUT2D eigenvalue weighted by atomic mass is 10.4. The average molecular weight is 182 g/mol. The number of aryl methyl sites for hydroxylation is 2. The lowest BCUT2D eigenvalue weighted by Gasteiger charge is -1.79. The van der Waals surface area contributed by atoms with Crippen LogP contribution in [-0.2, 0) is 4.79 Å². The van der Waals surface area contributed by atoms with Gasteiger partial charge in [-0.1, -0.05) is 0 Å². The summed E-state index contributed by atoms with van der Waals surface area (Å²) in [5.74, 6) is -0.444. The molecule has 1 amide bonds. The Bertz CT molecular complexity index is 308. The number of rotatable bonds is 2. The van der Waals surface area contributed by atoms with Crippen LogP contribution in [-0.4, -0.2) is 10.9 Å². The van der Waals surface area contributed by atoms with Gasteiger partial charge in [0.05, 0.1) is 5.69 Å². The molecule has 0 unspecified atom stereocenters. The van der Waals surface area contributed by atoms with E-state index in [-0.39, 0.29) is 0 Å². The highest BCUT2D eigenvalue weighted by molar-refractivity contribution is 7.12. The number of carbonyl (C=O) groups excluding carboxylic acids is 1. The first-order valence-electron chi connectivity index (χ1n) is 3.51. The van der Waals surface area contributed by atoms with E-state index in [1.54, 1.807) is 17.4 Å². The van der Waals surface area contributed by atoms with Crippen molar-refractivity contribution in [2.24, 2.45) is 5.73 Å². The van der Waals surface area contributed by atoms with Crippen molar-refractivity contribution in [1.29, 1.82) is 0 Å². The van der Waals surface area contributed by atoms with Crippen LogP contribution in [0, 0.1) is 13.8 Å². The van der Waals surface area contributed by atoms with Crippen molar-refractivity contribution in [2.75, 3.05) is 0 Å². The molecule has 0 atom stereocenters. The van der Waals surface area contributed by atoms with Crippen LogP contribution in [0.1, 0.15) is 15.6 Å². The standard InChI is InChI=1S/C8H10N2OS/c1-5-6(2)12-8(10-5)4-3-7(9)11/h3-4H,1-2H3,(H2,9,11). The van der Waals surface area contributed by atoms with Crippen LogP contribution in [0.4, 0.5) is 0 Å². The molecule has 1 rings (SSSR count). The maximum atomic E-state index is 10.4. The highest BCUT2D eigenvalue weighted by Gasteiger charge is 1.99. The molecular formula is C8H10N2OS. The van der Waals surface area contributed by atoms with Crippen LogP contribution < -0.4 is 5.73 Å². The quantitative estimate of drug-likeness (QED) is 0.700. The second kappa shape index (κ2) is 3.49. The molecule has 0 aliphatic heterocycles. The molecule has 0 aromatic carbocycles. The summed E-state index contributed by atoms with van der Waals surface area (Å²) in [6.07, 6.45) is 2.95. The number of thiazole rings is 1. The third-order valence-electron chi connectivity index (χ3n) is 1.44. The lowest BCUT2D eigenvalue weighted by molar-refractivity contribution is -0.113. The summed E-state index contributed by atoms with van der Waals surface area (Å²) in [6, 6.07) is 0. The minimum Gasteiger partial charge on any atom is -0.366 e. The molecule has 0 saturated carbocycles. The Labute approximate surface area is 74.9 Å². The Hall–Kier alpha value is -1.16. The van der Waals surface area contributed by atoms with Gasteiger partial charge in [-0.15, -0.1) is 11.3 Å². The summed E-state index contributed by atoms with van der Waals surface area (Å²) >= 11 is 1.55. The van der Waals surface area contributed by atoms with Crippen molar-refractivity contribution in [3.63, 3.8) is 0 Å². The second-order valence-electron chi connectivity index (χ2n) is 2.43. The van der Waals surface area contributed by atoms with Gasteiger partial charge in [0.25, 0.3) is 0 Å². The first kappa shape index (κ1) is 8.93. The minimum absolute atomic E-state index is 0.444. The molecule has 1 aromatic rings. The number of hydrogen-bond donors (Lipinski definition) is 1. The highest BCUT2D eigenvalue weighted by atomic mass is 32.1. The van der Waals surface area contributed by atoms with Crippen LogP contribution in [0.3, 0.4) is 0 Å².